The minimum atomic E-state index is -0.336. The van der Waals surface area contributed by atoms with Crippen molar-refractivity contribution in [2.75, 3.05) is 11.9 Å². The predicted molar refractivity (Wildman–Crippen MR) is 95.5 cm³/mol. The molecule has 0 unspecified atom stereocenters. The van der Waals surface area contributed by atoms with Gasteiger partial charge in [-0.1, -0.05) is 17.7 Å². The molecular formula is C18H19N5O2. The van der Waals surface area contributed by atoms with Crippen LogP contribution < -0.4 is 10.6 Å². The molecule has 2 aromatic carbocycles. The van der Waals surface area contributed by atoms with E-state index in [2.05, 4.69) is 26.0 Å². The molecule has 0 fully saturated rings. The molecule has 3 N–H and O–H groups in total. The first-order chi connectivity index (χ1) is 11.9. The lowest BCUT2D eigenvalue weighted by Crippen LogP contribution is -2.33. The molecule has 0 aliphatic rings. The lowest BCUT2D eigenvalue weighted by atomic mass is 10.1. The first-order valence-corrected chi connectivity index (χ1v) is 7.90. The average Bonchev–Trinajstić information content (AvgIpc) is 3.03. The summed E-state index contributed by atoms with van der Waals surface area (Å²) in [6.07, 6.45) is 0. The third kappa shape index (κ3) is 3.65. The minimum absolute atomic E-state index is 0.109. The van der Waals surface area contributed by atoms with Gasteiger partial charge >= 0.3 is 0 Å². The van der Waals surface area contributed by atoms with Gasteiger partial charge in [0.2, 0.25) is 5.91 Å². The van der Waals surface area contributed by atoms with Crippen LogP contribution in [0.4, 0.5) is 5.69 Å². The van der Waals surface area contributed by atoms with E-state index in [9.17, 15) is 9.59 Å². The standard InChI is InChI=1S/C18H19N5O2/c1-10-6-11(2)17(12(3)7-10)20-16(24)9-19-18(25)13-4-5-14-15(8-13)22-23-21-14/h4-8H,9H2,1-3H3,(H,19,25)(H,20,24)(H,21,22,23). The third-order valence-corrected chi connectivity index (χ3v) is 3.93. The van der Waals surface area contributed by atoms with Gasteiger partial charge in [0.15, 0.2) is 0 Å². The molecule has 128 valence electrons. The zero-order chi connectivity index (χ0) is 18.0. The van der Waals surface area contributed by atoms with Crippen molar-refractivity contribution in [3.63, 3.8) is 0 Å². The highest BCUT2D eigenvalue weighted by Gasteiger charge is 2.12. The number of aryl methyl sites for hydroxylation is 3. The van der Waals surface area contributed by atoms with E-state index in [1.165, 1.54) is 0 Å². The van der Waals surface area contributed by atoms with Crippen molar-refractivity contribution in [1.82, 2.24) is 20.7 Å². The summed E-state index contributed by atoms with van der Waals surface area (Å²) in [7, 11) is 0. The Morgan fingerprint density at radius 2 is 1.68 bits per heavy atom. The summed E-state index contributed by atoms with van der Waals surface area (Å²) in [6.45, 7) is 5.79. The highest BCUT2D eigenvalue weighted by atomic mass is 16.2. The number of rotatable bonds is 4. The first-order valence-electron chi connectivity index (χ1n) is 7.90. The monoisotopic (exact) mass is 337 g/mol. The molecule has 0 saturated heterocycles. The number of nitrogens with one attached hydrogen (secondary N) is 3. The number of carbonyl (C=O) groups excluding carboxylic acids is 2. The summed E-state index contributed by atoms with van der Waals surface area (Å²) in [5.41, 5.74) is 5.63. The van der Waals surface area contributed by atoms with Crippen molar-refractivity contribution in [2.45, 2.75) is 20.8 Å². The van der Waals surface area contributed by atoms with Crippen LogP contribution in [0.25, 0.3) is 11.0 Å². The van der Waals surface area contributed by atoms with Crippen LogP contribution in [-0.4, -0.2) is 33.8 Å². The molecule has 0 bridgehead atoms. The second-order valence-electron chi connectivity index (χ2n) is 6.03. The average molecular weight is 337 g/mol. The van der Waals surface area contributed by atoms with E-state index in [1.807, 2.05) is 32.9 Å². The lowest BCUT2D eigenvalue weighted by Gasteiger charge is -2.13. The van der Waals surface area contributed by atoms with Crippen molar-refractivity contribution < 1.29 is 9.59 Å². The SMILES string of the molecule is Cc1cc(C)c(NC(=O)CNC(=O)c2ccc3n[nH]nc3c2)c(C)c1. The fourth-order valence-electron chi connectivity index (χ4n) is 2.80. The molecule has 7 heteroatoms. The van der Waals surface area contributed by atoms with Crippen molar-refractivity contribution in [3.05, 3.63) is 52.6 Å². The van der Waals surface area contributed by atoms with Crippen molar-refractivity contribution in [1.29, 1.82) is 0 Å². The normalized spacial score (nSPS) is 10.7. The molecule has 0 aliphatic heterocycles. The Morgan fingerprint density at radius 3 is 2.40 bits per heavy atom. The van der Waals surface area contributed by atoms with Crippen LogP contribution >= 0.6 is 0 Å². The summed E-state index contributed by atoms with van der Waals surface area (Å²) in [6, 6.07) is 8.99. The summed E-state index contributed by atoms with van der Waals surface area (Å²) in [5, 5.41) is 15.8. The van der Waals surface area contributed by atoms with Gasteiger partial charge in [-0.3, -0.25) is 9.59 Å². The maximum Gasteiger partial charge on any atom is 0.251 e. The molecule has 0 spiro atoms. The Kier molecular flexibility index (Phi) is 4.47. The van der Waals surface area contributed by atoms with Crippen LogP contribution in [0.2, 0.25) is 0 Å². The van der Waals surface area contributed by atoms with Crippen LogP contribution in [0.1, 0.15) is 27.0 Å². The van der Waals surface area contributed by atoms with E-state index in [1.54, 1.807) is 18.2 Å². The summed E-state index contributed by atoms with van der Waals surface area (Å²) < 4.78 is 0. The Balaban J connectivity index is 1.63. The van der Waals surface area contributed by atoms with Gasteiger partial charge in [0.25, 0.3) is 5.91 Å². The largest absolute Gasteiger partial charge is 0.343 e. The number of aromatic nitrogens is 3. The number of nitrogens with zero attached hydrogens (tertiary/aromatic N) is 2. The maximum atomic E-state index is 12.2. The molecule has 0 aliphatic carbocycles. The van der Waals surface area contributed by atoms with E-state index >= 15 is 0 Å². The number of aromatic amines is 1. The molecule has 7 nitrogen and oxygen atoms in total. The fraction of sp³-hybridized carbons (Fsp3) is 0.222. The number of hydrogen-bond acceptors (Lipinski definition) is 4. The first kappa shape index (κ1) is 16.6. The number of anilines is 1. The third-order valence-electron chi connectivity index (χ3n) is 3.93. The number of amides is 2. The Morgan fingerprint density at radius 1 is 1.00 bits per heavy atom. The van der Waals surface area contributed by atoms with Gasteiger partial charge in [0, 0.05) is 11.3 Å². The van der Waals surface area contributed by atoms with E-state index < -0.39 is 0 Å². The number of hydrogen-bond donors (Lipinski definition) is 3. The van der Waals surface area contributed by atoms with Gasteiger partial charge in [0.05, 0.1) is 6.54 Å². The fourth-order valence-corrected chi connectivity index (χ4v) is 2.80. The Bertz CT molecular complexity index is 938. The van der Waals surface area contributed by atoms with Gasteiger partial charge in [-0.25, -0.2) is 0 Å². The maximum absolute atomic E-state index is 12.2. The Labute approximate surface area is 144 Å². The number of benzene rings is 2. The van der Waals surface area contributed by atoms with Gasteiger partial charge in [-0.05, 0) is 50.1 Å². The zero-order valence-corrected chi connectivity index (χ0v) is 14.3. The minimum Gasteiger partial charge on any atom is -0.343 e. The number of H-pyrrole nitrogens is 1. The highest BCUT2D eigenvalue weighted by Crippen LogP contribution is 2.21. The van der Waals surface area contributed by atoms with Gasteiger partial charge in [-0.2, -0.15) is 15.4 Å². The van der Waals surface area contributed by atoms with E-state index in [-0.39, 0.29) is 18.4 Å². The molecule has 0 atom stereocenters. The summed E-state index contributed by atoms with van der Waals surface area (Å²) in [5.74, 6) is -0.608. The lowest BCUT2D eigenvalue weighted by molar-refractivity contribution is -0.115. The van der Waals surface area contributed by atoms with Crippen LogP contribution in [0, 0.1) is 20.8 Å². The van der Waals surface area contributed by atoms with Crippen molar-refractivity contribution in [2.24, 2.45) is 0 Å². The van der Waals surface area contributed by atoms with Crippen LogP contribution in [-0.2, 0) is 4.79 Å². The van der Waals surface area contributed by atoms with E-state index in [0.29, 0.717) is 16.6 Å². The zero-order valence-electron chi connectivity index (χ0n) is 14.3. The van der Waals surface area contributed by atoms with Crippen molar-refractivity contribution in [3.8, 4) is 0 Å². The molecule has 0 radical (unpaired) electrons. The quantitative estimate of drug-likeness (QED) is 0.680. The van der Waals surface area contributed by atoms with E-state index in [4.69, 9.17) is 0 Å². The van der Waals surface area contributed by atoms with Gasteiger partial charge < -0.3 is 10.6 Å². The number of fused-ring (bicyclic) bond motifs is 1. The van der Waals surface area contributed by atoms with Gasteiger partial charge in [0.1, 0.15) is 11.0 Å². The second-order valence-corrected chi connectivity index (χ2v) is 6.03. The summed E-state index contributed by atoms with van der Waals surface area (Å²) in [4.78, 5) is 24.4. The smallest absolute Gasteiger partial charge is 0.251 e. The molecule has 3 rings (SSSR count). The molecule has 2 amide bonds. The van der Waals surface area contributed by atoms with Crippen LogP contribution in [0.15, 0.2) is 30.3 Å². The molecule has 3 aromatic rings. The molecular weight excluding hydrogens is 318 g/mol. The second kappa shape index (κ2) is 6.72. The topological polar surface area (TPSA) is 99.8 Å². The van der Waals surface area contributed by atoms with Gasteiger partial charge in [-0.15, -0.1) is 0 Å². The Hall–Kier alpha value is -3.22. The van der Waals surface area contributed by atoms with Crippen LogP contribution in [0.3, 0.4) is 0 Å². The summed E-state index contributed by atoms with van der Waals surface area (Å²) >= 11 is 0. The van der Waals surface area contributed by atoms with Crippen molar-refractivity contribution >= 4 is 28.5 Å². The molecule has 0 saturated carbocycles. The highest BCUT2D eigenvalue weighted by molar-refractivity contribution is 6.01. The molecule has 1 aromatic heterocycles. The predicted octanol–water partition coefficient (Wildman–Crippen LogP) is 2.25. The molecule has 1 heterocycles. The molecule has 25 heavy (non-hydrogen) atoms. The van der Waals surface area contributed by atoms with E-state index in [0.717, 1.165) is 22.4 Å². The number of carbonyl (C=O) groups is 2. The van der Waals surface area contributed by atoms with Crippen LogP contribution in [0.5, 0.6) is 0 Å².